The van der Waals surface area contributed by atoms with Gasteiger partial charge < -0.3 is 5.32 Å². The fourth-order valence-corrected chi connectivity index (χ4v) is 1.45. The normalized spacial score (nSPS) is 11.2. The zero-order valence-corrected chi connectivity index (χ0v) is 9.95. The summed E-state index contributed by atoms with van der Waals surface area (Å²) in [5.74, 6) is -0.440. The fourth-order valence-electron chi connectivity index (χ4n) is 1.45. The van der Waals surface area contributed by atoms with Gasteiger partial charge in [-0.15, -0.1) is 0 Å². The first-order valence-corrected chi connectivity index (χ1v) is 5.41. The molecule has 19 heavy (non-hydrogen) atoms. The van der Waals surface area contributed by atoms with Crippen LogP contribution < -0.4 is 5.32 Å². The molecule has 0 aliphatic rings. The number of benzene rings is 1. The van der Waals surface area contributed by atoms with Crippen molar-refractivity contribution in [2.24, 2.45) is 0 Å². The number of amides is 1. The summed E-state index contributed by atoms with van der Waals surface area (Å²) in [6, 6.07) is 2.36. The van der Waals surface area contributed by atoms with Gasteiger partial charge in [0, 0.05) is 18.2 Å². The molecule has 0 bridgehead atoms. The van der Waals surface area contributed by atoms with Gasteiger partial charge in [-0.25, -0.2) is 0 Å². The summed E-state index contributed by atoms with van der Waals surface area (Å²) in [5, 5.41) is 12.8. The number of nitrogens with one attached hydrogen (secondary N) is 1. The Bertz CT molecular complexity index is 500. The van der Waals surface area contributed by atoms with Crippen LogP contribution in [0.3, 0.4) is 0 Å². The van der Waals surface area contributed by atoms with E-state index in [-0.39, 0.29) is 12.1 Å². The minimum atomic E-state index is -4.85. The Balaban J connectivity index is 3.12. The third-order valence-corrected chi connectivity index (χ3v) is 2.26. The van der Waals surface area contributed by atoms with E-state index in [1.165, 1.54) is 0 Å². The lowest BCUT2D eigenvalue weighted by Gasteiger charge is -2.10. The Labute approximate surface area is 106 Å². The van der Waals surface area contributed by atoms with E-state index in [2.05, 4.69) is 5.32 Å². The van der Waals surface area contributed by atoms with E-state index in [0.29, 0.717) is 12.5 Å². The molecule has 0 heterocycles. The minimum Gasteiger partial charge on any atom is -0.326 e. The predicted molar refractivity (Wildman–Crippen MR) is 61.6 cm³/mol. The van der Waals surface area contributed by atoms with Gasteiger partial charge in [0.2, 0.25) is 5.91 Å². The van der Waals surface area contributed by atoms with Crippen molar-refractivity contribution < 1.29 is 22.9 Å². The lowest BCUT2D eigenvalue weighted by Crippen LogP contribution is -2.13. The van der Waals surface area contributed by atoms with E-state index in [1.54, 1.807) is 6.92 Å². The van der Waals surface area contributed by atoms with Crippen molar-refractivity contribution in [2.75, 3.05) is 5.32 Å². The average Bonchev–Trinajstić information content (AvgIpc) is 2.27. The van der Waals surface area contributed by atoms with Gasteiger partial charge in [0.1, 0.15) is 5.56 Å². The van der Waals surface area contributed by atoms with Crippen molar-refractivity contribution in [2.45, 2.75) is 25.9 Å². The van der Waals surface area contributed by atoms with Gasteiger partial charge in [0.25, 0.3) is 5.69 Å². The highest BCUT2D eigenvalue weighted by molar-refractivity contribution is 5.90. The molecule has 0 aliphatic carbocycles. The molecule has 1 aromatic carbocycles. The van der Waals surface area contributed by atoms with Gasteiger partial charge in [0.15, 0.2) is 0 Å². The number of hydrogen-bond acceptors (Lipinski definition) is 3. The first-order valence-electron chi connectivity index (χ1n) is 5.41. The molecule has 8 heteroatoms. The predicted octanol–water partition coefficient (Wildman–Crippen LogP) is 3.35. The molecule has 0 saturated heterocycles. The molecule has 1 rings (SSSR count). The molecule has 0 aromatic heterocycles. The summed E-state index contributed by atoms with van der Waals surface area (Å²) in [6.45, 7) is 1.75. The highest BCUT2D eigenvalue weighted by atomic mass is 19.4. The van der Waals surface area contributed by atoms with E-state index < -0.39 is 28.3 Å². The maximum Gasteiger partial charge on any atom is 0.423 e. The largest absolute Gasteiger partial charge is 0.423 e. The van der Waals surface area contributed by atoms with Crippen molar-refractivity contribution in [1.29, 1.82) is 0 Å². The lowest BCUT2D eigenvalue weighted by atomic mass is 10.1. The van der Waals surface area contributed by atoms with Crippen molar-refractivity contribution in [3.8, 4) is 0 Å². The van der Waals surface area contributed by atoms with Crippen LogP contribution in [0.1, 0.15) is 25.3 Å². The zero-order chi connectivity index (χ0) is 14.6. The summed E-state index contributed by atoms with van der Waals surface area (Å²) in [6.07, 6.45) is -4.14. The Morgan fingerprint density at radius 1 is 1.42 bits per heavy atom. The molecule has 0 radical (unpaired) electrons. The van der Waals surface area contributed by atoms with E-state index >= 15 is 0 Å². The molecule has 0 unspecified atom stereocenters. The molecule has 1 N–H and O–H groups in total. The second-order valence-electron chi connectivity index (χ2n) is 3.78. The topological polar surface area (TPSA) is 72.2 Å². The lowest BCUT2D eigenvalue weighted by molar-refractivity contribution is -0.388. The number of nitrogens with zero attached hydrogens (tertiary/aromatic N) is 1. The molecule has 5 nitrogen and oxygen atoms in total. The van der Waals surface area contributed by atoms with Crippen LogP contribution >= 0.6 is 0 Å². The first-order chi connectivity index (χ1) is 8.75. The molecule has 1 aromatic rings. The molecule has 0 fully saturated rings. The molecule has 0 atom stereocenters. The van der Waals surface area contributed by atoms with Crippen molar-refractivity contribution >= 4 is 17.3 Å². The number of carbonyl (C=O) groups excluding carboxylic acids is 1. The monoisotopic (exact) mass is 276 g/mol. The Kier molecular flexibility index (Phi) is 4.47. The van der Waals surface area contributed by atoms with Gasteiger partial charge in [-0.1, -0.05) is 6.92 Å². The number of rotatable bonds is 4. The molecule has 0 saturated carbocycles. The second-order valence-corrected chi connectivity index (χ2v) is 3.78. The third-order valence-electron chi connectivity index (χ3n) is 2.26. The zero-order valence-electron chi connectivity index (χ0n) is 9.95. The molecular formula is C11H11F3N2O3. The number of carbonyl (C=O) groups is 1. The van der Waals surface area contributed by atoms with Crippen LogP contribution in [0.15, 0.2) is 18.2 Å². The van der Waals surface area contributed by atoms with Crippen LogP contribution in [0.4, 0.5) is 24.5 Å². The van der Waals surface area contributed by atoms with Gasteiger partial charge in [-0.05, 0) is 18.6 Å². The molecular weight excluding hydrogens is 265 g/mol. The maximum atomic E-state index is 12.7. The Morgan fingerprint density at radius 2 is 2.05 bits per heavy atom. The number of halogens is 3. The first kappa shape index (κ1) is 14.9. The van der Waals surface area contributed by atoms with Crippen molar-refractivity contribution in [3.05, 3.63) is 33.9 Å². The third kappa shape index (κ3) is 3.94. The summed E-state index contributed by atoms with van der Waals surface area (Å²) < 4.78 is 38.0. The number of nitro groups is 1. The Morgan fingerprint density at radius 3 is 2.53 bits per heavy atom. The van der Waals surface area contributed by atoms with Crippen LogP contribution in [-0.2, 0) is 11.0 Å². The van der Waals surface area contributed by atoms with Gasteiger partial charge in [0.05, 0.1) is 4.92 Å². The van der Waals surface area contributed by atoms with Crippen LogP contribution in [0.2, 0.25) is 0 Å². The van der Waals surface area contributed by atoms with E-state index in [0.717, 1.165) is 12.1 Å². The van der Waals surface area contributed by atoms with E-state index in [4.69, 9.17) is 0 Å². The second kappa shape index (κ2) is 5.68. The number of alkyl halides is 3. The number of nitro benzene ring substituents is 1. The molecule has 0 spiro atoms. The van der Waals surface area contributed by atoms with Crippen LogP contribution in [0.25, 0.3) is 0 Å². The van der Waals surface area contributed by atoms with Crippen LogP contribution in [-0.4, -0.2) is 10.8 Å². The molecule has 104 valence electrons. The standard InChI is InChI=1S/C11H11F3N2O3/c1-2-3-10(17)15-7-4-5-9(16(18)19)8(6-7)11(12,13)14/h4-6H,2-3H2,1H3,(H,15,17). The minimum absolute atomic E-state index is 0.114. The molecule has 0 aliphatic heterocycles. The average molecular weight is 276 g/mol. The maximum absolute atomic E-state index is 12.7. The van der Waals surface area contributed by atoms with Crippen molar-refractivity contribution in [3.63, 3.8) is 0 Å². The number of anilines is 1. The van der Waals surface area contributed by atoms with E-state index in [9.17, 15) is 28.1 Å². The number of hydrogen-bond donors (Lipinski definition) is 1. The quantitative estimate of drug-likeness (QED) is 0.677. The SMILES string of the molecule is CCCC(=O)Nc1ccc([N+](=O)[O-])c(C(F)(F)F)c1. The molecule has 1 amide bonds. The van der Waals surface area contributed by atoms with Gasteiger partial charge >= 0.3 is 6.18 Å². The smallest absolute Gasteiger partial charge is 0.326 e. The highest BCUT2D eigenvalue weighted by Gasteiger charge is 2.38. The fraction of sp³-hybridized carbons (Fsp3) is 0.364. The van der Waals surface area contributed by atoms with E-state index in [1.807, 2.05) is 0 Å². The Hall–Kier alpha value is -2.12. The van der Waals surface area contributed by atoms with Crippen LogP contribution in [0, 0.1) is 10.1 Å². The summed E-state index contributed by atoms with van der Waals surface area (Å²) in [7, 11) is 0. The van der Waals surface area contributed by atoms with Gasteiger partial charge in [-0.2, -0.15) is 13.2 Å². The van der Waals surface area contributed by atoms with Crippen molar-refractivity contribution in [1.82, 2.24) is 0 Å². The highest BCUT2D eigenvalue weighted by Crippen LogP contribution is 2.37. The van der Waals surface area contributed by atoms with Crippen LogP contribution in [0.5, 0.6) is 0 Å². The van der Waals surface area contributed by atoms with Gasteiger partial charge in [-0.3, -0.25) is 14.9 Å². The summed E-state index contributed by atoms with van der Waals surface area (Å²) in [4.78, 5) is 20.7. The summed E-state index contributed by atoms with van der Waals surface area (Å²) in [5.41, 5.74) is -2.54. The summed E-state index contributed by atoms with van der Waals surface area (Å²) >= 11 is 0.